The topological polar surface area (TPSA) is 88.0 Å². The van der Waals surface area contributed by atoms with Crippen LogP contribution >= 0.6 is 0 Å². The van der Waals surface area contributed by atoms with Crippen LogP contribution in [0.25, 0.3) is 11.1 Å². The molecule has 4 N–H and O–H groups in total. The molecule has 122 valence electrons. The zero-order chi connectivity index (χ0) is 17.0. The number of pyridine rings is 1. The van der Waals surface area contributed by atoms with Gasteiger partial charge < -0.3 is 16.0 Å². The molecule has 0 aliphatic heterocycles. The van der Waals surface area contributed by atoms with Gasteiger partial charge in [-0.2, -0.15) is 0 Å². The molecular weight excluding hydrogens is 290 g/mol. The van der Waals surface area contributed by atoms with Crippen molar-refractivity contribution in [2.24, 2.45) is 5.73 Å². The summed E-state index contributed by atoms with van der Waals surface area (Å²) in [6.45, 7) is 5.80. The molecule has 5 heteroatoms. The molecule has 0 saturated heterocycles. The van der Waals surface area contributed by atoms with Crippen LogP contribution in [0.3, 0.4) is 0 Å². The molecule has 0 bridgehead atoms. The van der Waals surface area contributed by atoms with Crippen LogP contribution in [0.4, 0.5) is 0 Å². The first-order valence-electron chi connectivity index (χ1n) is 7.71. The van der Waals surface area contributed by atoms with E-state index in [9.17, 15) is 9.59 Å². The van der Waals surface area contributed by atoms with E-state index in [-0.39, 0.29) is 17.5 Å². The van der Waals surface area contributed by atoms with Crippen LogP contribution in [-0.4, -0.2) is 23.0 Å². The van der Waals surface area contributed by atoms with Gasteiger partial charge in [-0.1, -0.05) is 18.2 Å². The van der Waals surface area contributed by atoms with E-state index in [4.69, 9.17) is 5.73 Å². The Bertz CT molecular complexity index is 750. The molecule has 5 nitrogen and oxygen atoms in total. The number of hydrogen-bond donors (Lipinski definition) is 3. The quantitative estimate of drug-likeness (QED) is 0.785. The van der Waals surface area contributed by atoms with Crippen LogP contribution in [-0.2, 0) is 11.2 Å². The molecule has 2 aromatic rings. The Hall–Kier alpha value is -2.40. The summed E-state index contributed by atoms with van der Waals surface area (Å²) in [4.78, 5) is 25.9. The highest BCUT2D eigenvalue weighted by atomic mass is 16.2. The van der Waals surface area contributed by atoms with Crippen LogP contribution in [0, 0.1) is 6.92 Å². The van der Waals surface area contributed by atoms with E-state index in [0.29, 0.717) is 6.42 Å². The fourth-order valence-electron chi connectivity index (χ4n) is 2.53. The predicted octanol–water partition coefficient (Wildman–Crippen LogP) is 1.74. The van der Waals surface area contributed by atoms with Gasteiger partial charge in [0.15, 0.2) is 0 Å². The number of nitrogens with one attached hydrogen (secondary N) is 2. The largest absolute Gasteiger partial charge is 0.353 e. The number of rotatable bonds is 5. The number of hydrogen-bond acceptors (Lipinski definition) is 3. The zero-order valence-corrected chi connectivity index (χ0v) is 13.7. The maximum atomic E-state index is 11.9. The summed E-state index contributed by atoms with van der Waals surface area (Å²) in [5, 5.41) is 2.82. The molecule has 0 saturated carbocycles. The third-order valence-corrected chi connectivity index (χ3v) is 3.60. The van der Waals surface area contributed by atoms with Crippen LogP contribution in [0.15, 0.2) is 41.3 Å². The van der Waals surface area contributed by atoms with Crippen molar-refractivity contribution in [2.75, 3.05) is 0 Å². The smallest absolute Gasteiger partial charge is 0.248 e. The molecule has 0 radical (unpaired) electrons. The number of H-pyrrole nitrogens is 1. The van der Waals surface area contributed by atoms with Crippen molar-refractivity contribution in [1.82, 2.24) is 10.3 Å². The third kappa shape index (κ3) is 4.53. The van der Waals surface area contributed by atoms with Gasteiger partial charge in [0.1, 0.15) is 0 Å². The number of nitrogens with two attached hydrogens (primary N) is 1. The van der Waals surface area contributed by atoms with Crippen molar-refractivity contribution in [3.8, 4) is 11.1 Å². The second-order valence-corrected chi connectivity index (χ2v) is 6.06. The van der Waals surface area contributed by atoms with Gasteiger partial charge in [-0.05, 0) is 55.5 Å². The Morgan fingerprint density at radius 3 is 2.61 bits per heavy atom. The van der Waals surface area contributed by atoms with Gasteiger partial charge in [0.2, 0.25) is 11.5 Å². The number of carbonyl (C=O) groups is 1. The van der Waals surface area contributed by atoms with Gasteiger partial charge in [-0.15, -0.1) is 0 Å². The number of benzene rings is 1. The van der Waals surface area contributed by atoms with Crippen LogP contribution in [0.2, 0.25) is 0 Å². The minimum absolute atomic E-state index is 0.0776. The summed E-state index contributed by atoms with van der Waals surface area (Å²) in [6, 6.07) is 8.88. The van der Waals surface area contributed by atoms with Gasteiger partial charge in [-0.25, -0.2) is 0 Å². The molecule has 0 aliphatic rings. The Morgan fingerprint density at radius 1 is 1.26 bits per heavy atom. The van der Waals surface area contributed by atoms with E-state index in [2.05, 4.69) is 10.3 Å². The first-order chi connectivity index (χ1) is 10.9. The van der Waals surface area contributed by atoms with E-state index in [1.54, 1.807) is 12.3 Å². The lowest BCUT2D eigenvalue weighted by Crippen LogP contribution is -2.44. The van der Waals surface area contributed by atoms with E-state index >= 15 is 0 Å². The van der Waals surface area contributed by atoms with E-state index in [1.807, 2.05) is 45.0 Å². The molecule has 0 spiro atoms. The summed E-state index contributed by atoms with van der Waals surface area (Å²) in [6.07, 6.45) is 2.12. The Kier molecular flexibility index (Phi) is 5.34. The number of aryl methyl sites for hydroxylation is 1. The van der Waals surface area contributed by atoms with Crippen molar-refractivity contribution < 1.29 is 4.79 Å². The lowest BCUT2D eigenvalue weighted by atomic mass is 9.96. The minimum Gasteiger partial charge on any atom is -0.353 e. The number of aromatic amines is 1. The summed E-state index contributed by atoms with van der Waals surface area (Å²) in [5.41, 5.74) is 9.76. The number of amides is 1. The standard InChI is InChI=1S/C18H23N3O2/c1-11(2)21-18(23)16(19)9-13-4-5-15(12(3)8-13)14-6-7-20-17(22)10-14/h4-8,10-11,16H,9,19H2,1-3H3,(H,20,22)(H,21,23). The van der Waals surface area contributed by atoms with Crippen LogP contribution in [0.5, 0.6) is 0 Å². The van der Waals surface area contributed by atoms with Crippen LogP contribution < -0.4 is 16.6 Å². The van der Waals surface area contributed by atoms with Crippen molar-refractivity contribution in [1.29, 1.82) is 0 Å². The number of aromatic nitrogens is 1. The molecule has 1 aromatic heterocycles. The SMILES string of the molecule is Cc1cc(CC(N)C(=O)NC(C)C)ccc1-c1cc[nH]c(=O)c1. The summed E-state index contributed by atoms with van der Waals surface area (Å²) < 4.78 is 0. The monoisotopic (exact) mass is 313 g/mol. The van der Waals surface area contributed by atoms with Crippen molar-refractivity contribution in [2.45, 2.75) is 39.3 Å². The van der Waals surface area contributed by atoms with Crippen molar-refractivity contribution in [3.05, 3.63) is 58.0 Å². The second kappa shape index (κ2) is 7.24. The fourth-order valence-corrected chi connectivity index (χ4v) is 2.53. The van der Waals surface area contributed by atoms with E-state index < -0.39 is 6.04 Å². The van der Waals surface area contributed by atoms with Gasteiger partial charge in [0.05, 0.1) is 6.04 Å². The molecule has 1 heterocycles. The van der Waals surface area contributed by atoms with Gasteiger partial charge >= 0.3 is 0 Å². The van der Waals surface area contributed by atoms with Crippen molar-refractivity contribution >= 4 is 5.91 Å². The van der Waals surface area contributed by atoms with Crippen LogP contribution in [0.1, 0.15) is 25.0 Å². The van der Waals surface area contributed by atoms with Gasteiger partial charge in [0.25, 0.3) is 0 Å². The predicted molar refractivity (Wildman–Crippen MR) is 92.2 cm³/mol. The molecule has 0 fully saturated rings. The second-order valence-electron chi connectivity index (χ2n) is 6.06. The Labute approximate surface area is 135 Å². The highest BCUT2D eigenvalue weighted by molar-refractivity contribution is 5.82. The molecule has 1 atom stereocenters. The highest BCUT2D eigenvalue weighted by Gasteiger charge is 2.15. The Balaban J connectivity index is 2.16. The third-order valence-electron chi connectivity index (χ3n) is 3.60. The lowest BCUT2D eigenvalue weighted by molar-refractivity contribution is -0.122. The molecule has 1 aromatic carbocycles. The maximum absolute atomic E-state index is 11.9. The summed E-state index contributed by atoms with van der Waals surface area (Å²) in [5.74, 6) is -0.142. The Morgan fingerprint density at radius 2 is 2.00 bits per heavy atom. The van der Waals surface area contributed by atoms with Gasteiger partial charge in [-0.3, -0.25) is 9.59 Å². The average Bonchev–Trinajstić information content (AvgIpc) is 2.46. The zero-order valence-electron chi connectivity index (χ0n) is 13.7. The molecule has 0 aliphatic carbocycles. The lowest BCUT2D eigenvalue weighted by Gasteiger charge is -2.15. The number of carbonyl (C=O) groups excluding carboxylic acids is 1. The molecule has 1 amide bonds. The first-order valence-corrected chi connectivity index (χ1v) is 7.71. The average molecular weight is 313 g/mol. The molecule has 1 unspecified atom stereocenters. The molecular formula is C18H23N3O2. The molecule has 23 heavy (non-hydrogen) atoms. The minimum atomic E-state index is -0.567. The summed E-state index contributed by atoms with van der Waals surface area (Å²) >= 11 is 0. The van der Waals surface area contributed by atoms with Crippen molar-refractivity contribution in [3.63, 3.8) is 0 Å². The van der Waals surface area contributed by atoms with E-state index in [1.165, 1.54) is 0 Å². The maximum Gasteiger partial charge on any atom is 0.248 e. The highest BCUT2D eigenvalue weighted by Crippen LogP contribution is 2.23. The first kappa shape index (κ1) is 17.0. The normalized spacial score (nSPS) is 12.2. The fraction of sp³-hybridized carbons (Fsp3) is 0.333. The van der Waals surface area contributed by atoms with Gasteiger partial charge in [0, 0.05) is 18.3 Å². The molecule has 2 rings (SSSR count). The van der Waals surface area contributed by atoms with E-state index in [0.717, 1.165) is 22.3 Å². The summed E-state index contributed by atoms with van der Waals surface area (Å²) in [7, 11) is 0.